The molecule has 2 aliphatic carbocycles. The standard InChI is InChI=1S/C35H16F4N4O2/c1-16(2)20-7-17(8-25-32(35(42-3)43-4)22-11-28(37)30(39)13-24(22)33(25)44)5-6-18(20)9-26-31(19(14-40)15-41)21-10-27(36)29(38)12-23(21)34(26)45/h5-13,16H,1-2H3/b25-8-,26-9-. The Morgan fingerprint density at radius 2 is 1.20 bits per heavy atom. The van der Waals surface area contributed by atoms with Crippen molar-refractivity contribution in [2.24, 2.45) is 0 Å². The smallest absolute Gasteiger partial charge is 0.289 e. The molecule has 0 spiro atoms. The maximum atomic E-state index is 14.2. The van der Waals surface area contributed by atoms with Gasteiger partial charge in [0.15, 0.2) is 34.8 Å². The molecule has 6 nitrogen and oxygen atoms in total. The molecular weight excluding hydrogens is 584 g/mol. The van der Waals surface area contributed by atoms with Crippen LogP contribution in [0.2, 0.25) is 0 Å². The van der Waals surface area contributed by atoms with Gasteiger partial charge < -0.3 is 0 Å². The lowest BCUT2D eigenvalue weighted by molar-refractivity contribution is 0.103. The lowest BCUT2D eigenvalue weighted by Crippen LogP contribution is -2.00. The van der Waals surface area contributed by atoms with Crippen molar-refractivity contribution in [3.05, 3.63) is 150 Å². The monoisotopic (exact) mass is 600 g/mol. The Hall–Kier alpha value is -6.36. The quantitative estimate of drug-likeness (QED) is 0.131. The van der Waals surface area contributed by atoms with Crippen LogP contribution in [-0.4, -0.2) is 11.6 Å². The van der Waals surface area contributed by atoms with Crippen molar-refractivity contribution in [1.29, 1.82) is 10.5 Å². The molecule has 2 aliphatic rings. The van der Waals surface area contributed by atoms with Gasteiger partial charge in [0, 0.05) is 27.8 Å². The fourth-order valence-electron chi connectivity index (χ4n) is 5.39. The average Bonchev–Trinajstić information content (AvgIpc) is 3.41. The minimum absolute atomic E-state index is 0.0742. The van der Waals surface area contributed by atoms with E-state index in [0.717, 1.165) is 24.3 Å². The Kier molecular flexibility index (Phi) is 7.61. The summed E-state index contributed by atoms with van der Waals surface area (Å²) in [6.45, 7) is 18.5. The van der Waals surface area contributed by atoms with Crippen molar-refractivity contribution in [3.8, 4) is 12.1 Å². The number of benzene rings is 3. The minimum atomic E-state index is -1.26. The largest absolute Gasteiger partial charge is 0.528 e. The molecule has 0 atom stereocenters. The van der Waals surface area contributed by atoms with Crippen LogP contribution in [0.15, 0.2) is 65.0 Å². The van der Waals surface area contributed by atoms with Crippen LogP contribution in [0.1, 0.15) is 68.3 Å². The third-order valence-electron chi connectivity index (χ3n) is 7.43. The second kappa shape index (κ2) is 11.4. The molecular formula is C35H16F4N4O2. The van der Waals surface area contributed by atoms with E-state index in [1.165, 1.54) is 12.2 Å². The predicted molar refractivity (Wildman–Crippen MR) is 156 cm³/mol. The van der Waals surface area contributed by atoms with E-state index in [1.54, 1.807) is 30.3 Å². The van der Waals surface area contributed by atoms with Crippen molar-refractivity contribution in [3.63, 3.8) is 0 Å². The highest BCUT2D eigenvalue weighted by Gasteiger charge is 2.37. The summed E-state index contributed by atoms with van der Waals surface area (Å²) < 4.78 is 56.4. The molecule has 0 radical (unpaired) electrons. The number of Topliss-reactive ketones (excluding diaryl/α,β-unsaturated/α-hetero) is 2. The molecule has 0 fully saturated rings. The molecule has 0 heterocycles. The van der Waals surface area contributed by atoms with Gasteiger partial charge in [0.2, 0.25) is 0 Å². The number of allylic oxidation sites excluding steroid dienone is 5. The van der Waals surface area contributed by atoms with Gasteiger partial charge >= 0.3 is 5.82 Å². The van der Waals surface area contributed by atoms with Gasteiger partial charge in [-0.1, -0.05) is 32.0 Å². The SMILES string of the molecule is [C-]#[N+]C([N+]#[C-])=C1/C(=C/c2ccc(/C=C3\C(=O)c4cc(F)c(F)cc4C3=C(C#N)C#N)c(C(C)C)c2)C(=O)c2cc(F)c(F)cc21. The van der Waals surface area contributed by atoms with E-state index in [4.69, 9.17) is 13.1 Å². The van der Waals surface area contributed by atoms with Crippen molar-refractivity contribution in [1.82, 2.24) is 0 Å². The van der Waals surface area contributed by atoms with Gasteiger partial charge in [0.05, 0.1) is 5.57 Å². The van der Waals surface area contributed by atoms with Gasteiger partial charge in [-0.2, -0.15) is 20.2 Å². The molecule has 0 N–H and O–H groups in total. The zero-order valence-electron chi connectivity index (χ0n) is 23.4. The molecule has 216 valence electrons. The van der Waals surface area contributed by atoms with E-state index in [0.29, 0.717) is 16.7 Å². The van der Waals surface area contributed by atoms with Gasteiger partial charge in [-0.15, -0.1) is 0 Å². The number of hydrogen-bond donors (Lipinski definition) is 0. The molecule has 3 aromatic carbocycles. The highest BCUT2D eigenvalue weighted by atomic mass is 19.2. The molecule has 0 bridgehead atoms. The van der Waals surface area contributed by atoms with E-state index >= 15 is 0 Å². The first-order chi connectivity index (χ1) is 21.4. The minimum Gasteiger partial charge on any atom is -0.289 e. The molecule has 0 saturated heterocycles. The lowest BCUT2D eigenvalue weighted by Gasteiger charge is -2.13. The summed E-state index contributed by atoms with van der Waals surface area (Å²) >= 11 is 0. The predicted octanol–water partition coefficient (Wildman–Crippen LogP) is 8.23. The zero-order valence-corrected chi connectivity index (χ0v) is 23.4. The summed E-state index contributed by atoms with van der Waals surface area (Å²) in [6.07, 6.45) is 2.81. The third kappa shape index (κ3) is 4.91. The molecule has 10 heteroatoms. The van der Waals surface area contributed by atoms with Crippen LogP contribution in [0.5, 0.6) is 0 Å². The Morgan fingerprint density at radius 3 is 1.67 bits per heavy atom. The van der Waals surface area contributed by atoms with Gasteiger partial charge in [0.1, 0.15) is 30.9 Å². The van der Waals surface area contributed by atoms with E-state index in [9.17, 15) is 37.7 Å². The third-order valence-corrected chi connectivity index (χ3v) is 7.43. The lowest BCUT2D eigenvalue weighted by atomic mass is 9.91. The first-order valence-corrected chi connectivity index (χ1v) is 13.2. The number of hydrogen-bond acceptors (Lipinski definition) is 4. The number of carbonyl (C=O) groups excluding carboxylic acids is 2. The Morgan fingerprint density at radius 1 is 0.733 bits per heavy atom. The number of ketones is 2. The molecule has 0 unspecified atom stereocenters. The summed E-state index contributed by atoms with van der Waals surface area (Å²) in [4.78, 5) is 33.1. The van der Waals surface area contributed by atoms with Crippen LogP contribution in [0, 0.1) is 59.1 Å². The fraction of sp³-hybridized carbons (Fsp3) is 0.0857. The Bertz CT molecular complexity index is 2180. The number of carbonyl (C=O) groups is 2. The normalized spacial score (nSPS) is 15.1. The molecule has 0 amide bonds. The summed E-state index contributed by atoms with van der Waals surface area (Å²) in [5.41, 5.74) is -0.00190. The number of nitrogens with zero attached hydrogens (tertiary/aromatic N) is 4. The summed E-state index contributed by atoms with van der Waals surface area (Å²) in [6, 6.07) is 11.2. The second-order valence-electron chi connectivity index (χ2n) is 10.3. The van der Waals surface area contributed by atoms with Crippen LogP contribution < -0.4 is 0 Å². The molecule has 3 aromatic rings. The maximum absolute atomic E-state index is 14.2. The number of rotatable bonds is 3. The first kappa shape index (κ1) is 30.1. The van der Waals surface area contributed by atoms with Gasteiger partial charge in [-0.05, 0) is 70.2 Å². The summed E-state index contributed by atoms with van der Waals surface area (Å²) in [5.74, 6) is -7.14. The summed E-state index contributed by atoms with van der Waals surface area (Å²) in [5, 5.41) is 19.2. The van der Waals surface area contributed by atoms with Crippen LogP contribution in [0.3, 0.4) is 0 Å². The van der Waals surface area contributed by atoms with Gasteiger partial charge in [-0.3, -0.25) is 9.59 Å². The van der Waals surface area contributed by atoms with Crippen molar-refractivity contribution in [2.75, 3.05) is 0 Å². The summed E-state index contributed by atoms with van der Waals surface area (Å²) in [7, 11) is 0. The van der Waals surface area contributed by atoms with E-state index < -0.39 is 46.2 Å². The van der Waals surface area contributed by atoms with E-state index in [1.807, 2.05) is 13.8 Å². The number of nitriles is 2. The second-order valence-corrected chi connectivity index (χ2v) is 10.3. The Balaban J connectivity index is 1.70. The zero-order chi connectivity index (χ0) is 32.7. The first-order valence-electron chi connectivity index (χ1n) is 13.2. The molecule has 0 aromatic heterocycles. The van der Waals surface area contributed by atoms with Crippen LogP contribution in [-0.2, 0) is 0 Å². The topological polar surface area (TPSA) is 90.4 Å². The van der Waals surface area contributed by atoms with Crippen molar-refractivity contribution >= 4 is 34.9 Å². The number of halogens is 4. The van der Waals surface area contributed by atoms with Crippen molar-refractivity contribution < 1.29 is 27.2 Å². The average molecular weight is 601 g/mol. The molecule has 5 rings (SSSR count). The van der Waals surface area contributed by atoms with Gasteiger partial charge in [-0.25, -0.2) is 17.6 Å². The number of fused-ring (bicyclic) bond motifs is 2. The van der Waals surface area contributed by atoms with Crippen LogP contribution >= 0.6 is 0 Å². The molecule has 45 heavy (non-hydrogen) atoms. The van der Waals surface area contributed by atoms with Crippen LogP contribution in [0.4, 0.5) is 17.6 Å². The van der Waals surface area contributed by atoms with E-state index in [-0.39, 0.29) is 50.5 Å². The van der Waals surface area contributed by atoms with Gasteiger partial charge in [0.25, 0.3) is 0 Å². The molecule has 0 aliphatic heterocycles. The van der Waals surface area contributed by atoms with Crippen molar-refractivity contribution in [2.45, 2.75) is 19.8 Å². The Labute approximate surface area is 254 Å². The highest BCUT2D eigenvalue weighted by molar-refractivity contribution is 6.30. The van der Waals surface area contributed by atoms with E-state index in [2.05, 4.69) is 9.69 Å². The fourth-order valence-corrected chi connectivity index (χ4v) is 5.39. The highest BCUT2D eigenvalue weighted by Crippen LogP contribution is 2.43. The van der Waals surface area contributed by atoms with Crippen LogP contribution in [0.25, 0.3) is 33.0 Å². The maximum Gasteiger partial charge on any atom is 0.528 e. The molecule has 0 saturated carbocycles.